The molecule has 0 saturated carbocycles. The summed E-state index contributed by atoms with van der Waals surface area (Å²) < 4.78 is 10.8. The van der Waals surface area contributed by atoms with Crippen molar-refractivity contribution in [2.75, 3.05) is 32.6 Å². The molecule has 0 radical (unpaired) electrons. The molecule has 1 heterocycles. The molecule has 1 amide bonds. The van der Waals surface area contributed by atoms with Gasteiger partial charge in [-0.1, -0.05) is 24.3 Å². The van der Waals surface area contributed by atoms with E-state index in [1.807, 2.05) is 40.9 Å². The maximum Gasteiger partial charge on any atom is 0.260 e. The first-order valence-electron chi connectivity index (χ1n) is 8.89. The van der Waals surface area contributed by atoms with E-state index in [2.05, 4.69) is 31.2 Å². The van der Waals surface area contributed by atoms with Gasteiger partial charge in [-0.2, -0.15) is 11.8 Å². The maximum absolute atomic E-state index is 12.5. The van der Waals surface area contributed by atoms with Crippen LogP contribution in [0.4, 0.5) is 0 Å². The van der Waals surface area contributed by atoms with Gasteiger partial charge in [0, 0.05) is 24.1 Å². The lowest BCUT2D eigenvalue weighted by Crippen LogP contribution is -2.36. The number of carbonyl (C=O) groups is 1. The lowest BCUT2D eigenvalue weighted by Gasteiger charge is -2.21. The predicted octanol–water partition coefficient (Wildman–Crippen LogP) is 4.09. The van der Waals surface area contributed by atoms with Gasteiger partial charge in [0.2, 0.25) is 0 Å². The number of aryl methyl sites for hydroxylation is 1. The summed E-state index contributed by atoms with van der Waals surface area (Å²) in [5.74, 6) is 2.45. The van der Waals surface area contributed by atoms with Gasteiger partial charge in [0.15, 0.2) is 6.61 Å². The number of nitrogens with zero attached hydrogens (tertiary/aromatic N) is 1. The van der Waals surface area contributed by atoms with E-state index in [4.69, 9.17) is 9.47 Å². The van der Waals surface area contributed by atoms with Crippen molar-refractivity contribution >= 4 is 17.7 Å². The van der Waals surface area contributed by atoms with Crippen molar-refractivity contribution < 1.29 is 14.3 Å². The van der Waals surface area contributed by atoms with E-state index in [0.29, 0.717) is 11.0 Å². The van der Waals surface area contributed by atoms with E-state index in [-0.39, 0.29) is 12.5 Å². The Morgan fingerprint density at radius 2 is 1.85 bits per heavy atom. The van der Waals surface area contributed by atoms with Crippen LogP contribution in [0.3, 0.4) is 0 Å². The van der Waals surface area contributed by atoms with Gasteiger partial charge < -0.3 is 14.4 Å². The van der Waals surface area contributed by atoms with Gasteiger partial charge in [0.25, 0.3) is 5.91 Å². The second-order valence-corrected chi connectivity index (χ2v) is 7.66. The molecule has 26 heavy (non-hydrogen) atoms. The van der Waals surface area contributed by atoms with E-state index >= 15 is 0 Å². The number of rotatable bonds is 5. The van der Waals surface area contributed by atoms with Crippen LogP contribution in [0.5, 0.6) is 11.5 Å². The van der Waals surface area contributed by atoms with Crippen molar-refractivity contribution in [3.63, 3.8) is 0 Å². The largest absolute Gasteiger partial charge is 0.497 e. The predicted molar refractivity (Wildman–Crippen MR) is 106 cm³/mol. The van der Waals surface area contributed by atoms with E-state index in [1.165, 1.54) is 11.1 Å². The minimum Gasteiger partial charge on any atom is -0.497 e. The van der Waals surface area contributed by atoms with Crippen LogP contribution in [-0.2, 0) is 4.79 Å². The van der Waals surface area contributed by atoms with Crippen LogP contribution in [0.25, 0.3) is 0 Å². The van der Waals surface area contributed by atoms with E-state index < -0.39 is 0 Å². The second-order valence-electron chi connectivity index (χ2n) is 6.35. The Morgan fingerprint density at radius 3 is 2.58 bits per heavy atom. The number of carbonyl (C=O) groups excluding carboxylic acids is 1. The molecule has 2 aromatic rings. The summed E-state index contributed by atoms with van der Waals surface area (Å²) in [5, 5.41) is 0.455. The van der Waals surface area contributed by atoms with E-state index in [1.54, 1.807) is 7.11 Å². The second kappa shape index (κ2) is 8.99. The van der Waals surface area contributed by atoms with Crippen molar-refractivity contribution in [2.45, 2.75) is 18.6 Å². The highest BCUT2D eigenvalue weighted by Crippen LogP contribution is 2.35. The van der Waals surface area contributed by atoms with Gasteiger partial charge in [-0.25, -0.2) is 0 Å². The normalized spacial score (nSPS) is 17.5. The summed E-state index contributed by atoms with van der Waals surface area (Å²) in [6, 6.07) is 15.8. The summed E-state index contributed by atoms with van der Waals surface area (Å²) in [6.07, 6.45) is 0.976. The monoisotopic (exact) mass is 371 g/mol. The number of ether oxygens (including phenoxy) is 2. The van der Waals surface area contributed by atoms with Gasteiger partial charge in [-0.15, -0.1) is 0 Å². The molecule has 4 nitrogen and oxygen atoms in total. The van der Waals surface area contributed by atoms with Gasteiger partial charge in [0.1, 0.15) is 11.5 Å². The third-order valence-corrected chi connectivity index (χ3v) is 5.96. The molecule has 1 atom stereocenters. The Labute approximate surface area is 159 Å². The van der Waals surface area contributed by atoms with Crippen LogP contribution in [0.1, 0.15) is 22.8 Å². The van der Waals surface area contributed by atoms with E-state index in [0.717, 1.165) is 31.0 Å². The summed E-state index contributed by atoms with van der Waals surface area (Å²) >= 11 is 1.94. The molecule has 1 aliphatic rings. The van der Waals surface area contributed by atoms with Crippen LogP contribution in [0.2, 0.25) is 0 Å². The van der Waals surface area contributed by atoms with Gasteiger partial charge >= 0.3 is 0 Å². The molecule has 1 fully saturated rings. The standard InChI is InChI=1S/C21H25NO3S/c1-16-5-3-4-6-19(16)20-11-12-22(13-14-26-20)21(23)15-25-18-9-7-17(24-2)8-10-18/h3-10,20H,11-15H2,1-2H3. The fourth-order valence-corrected chi connectivity index (χ4v) is 4.45. The highest BCUT2D eigenvalue weighted by atomic mass is 32.2. The van der Waals surface area contributed by atoms with Crippen molar-refractivity contribution in [1.29, 1.82) is 0 Å². The molecule has 0 spiro atoms. The van der Waals surface area contributed by atoms with Gasteiger partial charge in [-0.3, -0.25) is 4.79 Å². The first-order valence-corrected chi connectivity index (χ1v) is 9.94. The lowest BCUT2D eigenvalue weighted by molar-refractivity contribution is -0.133. The SMILES string of the molecule is COc1ccc(OCC(=O)N2CCSC(c3ccccc3C)CC2)cc1. The number of methoxy groups -OCH3 is 1. The van der Waals surface area contributed by atoms with Gasteiger partial charge in [0.05, 0.1) is 7.11 Å². The molecule has 1 aliphatic heterocycles. The zero-order valence-corrected chi connectivity index (χ0v) is 16.1. The molecule has 0 aliphatic carbocycles. The topological polar surface area (TPSA) is 38.8 Å². The fraction of sp³-hybridized carbons (Fsp3) is 0.381. The van der Waals surface area contributed by atoms with Crippen molar-refractivity contribution in [3.05, 3.63) is 59.7 Å². The molecule has 0 aromatic heterocycles. The number of thioether (sulfide) groups is 1. The molecule has 0 bridgehead atoms. The Balaban J connectivity index is 1.53. The summed E-state index contributed by atoms with van der Waals surface area (Å²) in [4.78, 5) is 14.4. The Hall–Kier alpha value is -2.14. The fourth-order valence-electron chi connectivity index (χ4n) is 3.12. The third-order valence-electron chi connectivity index (χ3n) is 4.65. The minimum atomic E-state index is 0.0480. The molecule has 1 saturated heterocycles. The molecule has 5 heteroatoms. The first kappa shape index (κ1) is 18.6. The molecule has 138 valence electrons. The van der Waals surface area contributed by atoms with Crippen molar-refractivity contribution in [2.24, 2.45) is 0 Å². The Morgan fingerprint density at radius 1 is 1.12 bits per heavy atom. The first-order chi connectivity index (χ1) is 12.7. The Bertz CT molecular complexity index is 732. The van der Waals surface area contributed by atoms with Crippen LogP contribution >= 0.6 is 11.8 Å². The molecule has 2 aromatic carbocycles. The number of hydrogen-bond acceptors (Lipinski definition) is 4. The molecule has 1 unspecified atom stereocenters. The highest BCUT2D eigenvalue weighted by molar-refractivity contribution is 7.99. The summed E-state index contributed by atoms with van der Waals surface area (Å²) in [7, 11) is 1.63. The summed E-state index contributed by atoms with van der Waals surface area (Å²) in [6.45, 7) is 3.78. The summed E-state index contributed by atoms with van der Waals surface area (Å²) in [5.41, 5.74) is 2.72. The van der Waals surface area contributed by atoms with E-state index in [9.17, 15) is 4.79 Å². The number of benzene rings is 2. The molecule has 3 rings (SSSR count). The average molecular weight is 372 g/mol. The highest BCUT2D eigenvalue weighted by Gasteiger charge is 2.23. The van der Waals surface area contributed by atoms with Crippen LogP contribution in [0.15, 0.2) is 48.5 Å². The van der Waals surface area contributed by atoms with Crippen LogP contribution < -0.4 is 9.47 Å². The zero-order valence-electron chi connectivity index (χ0n) is 15.3. The number of hydrogen-bond donors (Lipinski definition) is 0. The minimum absolute atomic E-state index is 0.0480. The Kier molecular flexibility index (Phi) is 6.45. The van der Waals surface area contributed by atoms with Gasteiger partial charge in [-0.05, 0) is 48.7 Å². The van der Waals surface area contributed by atoms with Crippen molar-refractivity contribution in [3.8, 4) is 11.5 Å². The quantitative estimate of drug-likeness (QED) is 0.794. The third kappa shape index (κ3) is 4.73. The van der Waals surface area contributed by atoms with Crippen molar-refractivity contribution in [1.82, 2.24) is 4.90 Å². The lowest BCUT2D eigenvalue weighted by atomic mass is 10.0. The average Bonchev–Trinajstić information content (AvgIpc) is 2.93. The molecule has 0 N–H and O–H groups in total. The van der Waals surface area contributed by atoms with Crippen LogP contribution in [-0.4, -0.2) is 43.4 Å². The molecular weight excluding hydrogens is 346 g/mol. The number of amides is 1. The maximum atomic E-state index is 12.5. The molecular formula is C21H25NO3S. The smallest absolute Gasteiger partial charge is 0.260 e. The van der Waals surface area contributed by atoms with Crippen LogP contribution in [0, 0.1) is 6.92 Å². The zero-order chi connectivity index (χ0) is 18.4.